The highest BCUT2D eigenvalue weighted by molar-refractivity contribution is 6.35. The average molecular weight is 437 g/mol. The number of benzene rings is 1. The number of aliphatic hydroxyl groups excluding tert-OH is 1. The number of piperidine rings is 1. The van der Waals surface area contributed by atoms with Gasteiger partial charge in [-0.2, -0.15) is 0 Å². The lowest BCUT2D eigenvalue weighted by Crippen LogP contribution is -2.40. The van der Waals surface area contributed by atoms with Crippen molar-refractivity contribution in [3.63, 3.8) is 0 Å². The monoisotopic (exact) mass is 437 g/mol. The first-order valence-corrected chi connectivity index (χ1v) is 10.7. The van der Waals surface area contributed by atoms with Crippen LogP contribution in [0.5, 0.6) is 11.5 Å². The average Bonchev–Trinajstić information content (AvgIpc) is 3.09. The second-order valence-electron chi connectivity index (χ2n) is 7.95. The van der Waals surface area contributed by atoms with E-state index in [0.29, 0.717) is 47.1 Å². The van der Waals surface area contributed by atoms with Crippen LogP contribution in [0.25, 0.3) is 5.57 Å². The first kappa shape index (κ1) is 21.8. The third-order valence-electron chi connectivity index (χ3n) is 5.96. The molecule has 0 saturated carbocycles. The summed E-state index contributed by atoms with van der Waals surface area (Å²) in [4.78, 5) is 34.5. The van der Waals surface area contributed by atoms with Gasteiger partial charge in [-0.05, 0) is 48.6 Å². The number of likely N-dealkylation sites (tertiary alicyclic amines) is 1. The second kappa shape index (κ2) is 9.40. The van der Waals surface area contributed by atoms with Crippen molar-refractivity contribution in [1.82, 2.24) is 14.8 Å². The molecule has 2 aliphatic heterocycles. The van der Waals surface area contributed by atoms with Gasteiger partial charge in [0.2, 0.25) is 0 Å². The molecule has 1 N–H and O–H groups in total. The number of pyridine rings is 1. The molecule has 0 radical (unpaired) electrons. The summed E-state index contributed by atoms with van der Waals surface area (Å²) in [7, 11) is 3.08. The molecule has 8 nitrogen and oxygen atoms in total. The van der Waals surface area contributed by atoms with Crippen molar-refractivity contribution in [2.45, 2.75) is 19.4 Å². The summed E-state index contributed by atoms with van der Waals surface area (Å²) in [5, 5.41) is 9.68. The maximum Gasteiger partial charge on any atom is 0.278 e. The van der Waals surface area contributed by atoms with E-state index in [-0.39, 0.29) is 30.9 Å². The van der Waals surface area contributed by atoms with Crippen LogP contribution >= 0.6 is 0 Å². The van der Waals surface area contributed by atoms with Crippen LogP contribution in [0.1, 0.15) is 24.1 Å². The van der Waals surface area contributed by atoms with Crippen molar-refractivity contribution in [1.29, 1.82) is 0 Å². The first-order valence-electron chi connectivity index (χ1n) is 10.7. The van der Waals surface area contributed by atoms with E-state index in [0.717, 1.165) is 12.8 Å². The smallest absolute Gasteiger partial charge is 0.278 e. The van der Waals surface area contributed by atoms with E-state index < -0.39 is 0 Å². The van der Waals surface area contributed by atoms with Crippen molar-refractivity contribution in [2.24, 2.45) is 5.92 Å². The molecule has 1 aromatic heterocycles. The second-order valence-corrected chi connectivity index (χ2v) is 7.95. The molecule has 1 aromatic carbocycles. The standard InChI is InChI=1S/C24H27N3O5/c1-31-19-9-8-17(12-20(19)32-2)21-22(26-11-5-6-16(13-26)15-28)24(30)27(23(21)29)14-18-7-3-4-10-25-18/h3-4,7-10,12,16,28H,5-6,11,13-15H2,1-2H3. The molecule has 2 amide bonds. The Labute approximate surface area is 187 Å². The van der Waals surface area contributed by atoms with Crippen LogP contribution in [0.2, 0.25) is 0 Å². The van der Waals surface area contributed by atoms with Crippen LogP contribution in [-0.2, 0) is 16.1 Å². The van der Waals surface area contributed by atoms with Crippen molar-refractivity contribution in [2.75, 3.05) is 33.9 Å². The lowest BCUT2D eigenvalue weighted by molar-refractivity contribution is -0.138. The van der Waals surface area contributed by atoms with Gasteiger partial charge in [0.1, 0.15) is 5.70 Å². The minimum atomic E-state index is -0.367. The number of carbonyl (C=O) groups is 2. The van der Waals surface area contributed by atoms with Gasteiger partial charge in [-0.25, -0.2) is 0 Å². The van der Waals surface area contributed by atoms with Gasteiger partial charge in [-0.1, -0.05) is 12.1 Å². The van der Waals surface area contributed by atoms with Crippen LogP contribution in [-0.4, -0.2) is 65.6 Å². The molecule has 1 unspecified atom stereocenters. The van der Waals surface area contributed by atoms with Crippen LogP contribution < -0.4 is 9.47 Å². The van der Waals surface area contributed by atoms with Crippen LogP contribution in [0.4, 0.5) is 0 Å². The number of hydrogen-bond donors (Lipinski definition) is 1. The van der Waals surface area contributed by atoms with Gasteiger partial charge in [-0.3, -0.25) is 19.5 Å². The fourth-order valence-electron chi connectivity index (χ4n) is 4.32. The molecule has 8 heteroatoms. The van der Waals surface area contributed by atoms with Gasteiger partial charge in [-0.15, -0.1) is 0 Å². The van der Waals surface area contributed by atoms with Gasteiger partial charge < -0.3 is 19.5 Å². The van der Waals surface area contributed by atoms with Gasteiger partial charge in [0.15, 0.2) is 11.5 Å². The summed E-state index contributed by atoms with van der Waals surface area (Å²) in [6.45, 7) is 1.32. The molecule has 0 aliphatic carbocycles. The molecule has 3 heterocycles. The zero-order valence-corrected chi connectivity index (χ0v) is 18.3. The number of imide groups is 1. The van der Waals surface area contributed by atoms with E-state index >= 15 is 0 Å². The zero-order valence-electron chi connectivity index (χ0n) is 18.3. The Balaban J connectivity index is 1.77. The van der Waals surface area contributed by atoms with Crippen molar-refractivity contribution in [3.8, 4) is 11.5 Å². The lowest BCUT2D eigenvalue weighted by Gasteiger charge is -2.34. The van der Waals surface area contributed by atoms with E-state index in [9.17, 15) is 14.7 Å². The van der Waals surface area contributed by atoms with Crippen molar-refractivity contribution in [3.05, 3.63) is 59.5 Å². The van der Waals surface area contributed by atoms with Crippen LogP contribution in [0.3, 0.4) is 0 Å². The summed E-state index contributed by atoms with van der Waals surface area (Å²) < 4.78 is 10.7. The topological polar surface area (TPSA) is 92.2 Å². The number of aliphatic hydroxyl groups is 1. The molecule has 32 heavy (non-hydrogen) atoms. The molecular formula is C24H27N3O5. The highest BCUT2D eigenvalue weighted by atomic mass is 16.5. The normalized spacial score (nSPS) is 19.0. The Bertz CT molecular complexity index is 1040. The summed E-state index contributed by atoms with van der Waals surface area (Å²) in [5.74, 6) is 0.375. The van der Waals surface area contributed by atoms with E-state index in [4.69, 9.17) is 9.47 Å². The minimum absolute atomic E-state index is 0.0509. The number of nitrogens with zero attached hydrogens (tertiary/aromatic N) is 3. The summed E-state index contributed by atoms with van der Waals surface area (Å²) in [5.41, 5.74) is 1.93. The van der Waals surface area contributed by atoms with Gasteiger partial charge in [0, 0.05) is 25.9 Å². The van der Waals surface area contributed by atoms with Gasteiger partial charge in [0.25, 0.3) is 11.8 Å². The van der Waals surface area contributed by atoms with Crippen molar-refractivity contribution < 1.29 is 24.2 Å². The molecule has 2 aromatic rings. The maximum absolute atomic E-state index is 13.6. The Morgan fingerprint density at radius 3 is 2.59 bits per heavy atom. The van der Waals surface area contributed by atoms with Gasteiger partial charge in [0.05, 0.1) is 32.0 Å². The minimum Gasteiger partial charge on any atom is -0.493 e. The lowest BCUT2D eigenvalue weighted by atomic mass is 9.96. The third kappa shape index (κ3) is 4.05. The number of carbonyl (C=O) groups excluding carboxylic acids is 2. The largest absolute Gasteiger partial charge is 0.493 e. The van der Waals surface area contributed by atoms with Gasteiger partial charge >= 0.3 is 0 Å². The molecule has 2 aliphatic rings. The zero-order chi connectivity index (χ0) is 22.7. The molecule has 0 spiro atoms. The first-order chi connectivity index (χ1) is 15.6. The molecule has 168 valence electrons. The Kier molecular flexibility index (Phi) is 6.41. The predicted octanol–water partition coefficient (Wildman–Crippen LogP) is 2.08. The number of amides is 2. The van der Waals surface area contributed by atoms with E-state index in [1.54, 1.807) is 43.6 Å². The fourth-order valence-corrected chi connectivity index (χ4v) is 4.32. The Morgan fingerprint density at radius 2 is 1.91 bits per heavy atom. The van der Waals surface area contributed by atoms with E-state index in [1.165, 1.54) is 12.0 Å². The maximum atomic E-state index is 13.6. The van der Waals surface area contributed by atoms with Crippen LogP contribution in [0.15, 0.2) is 48.3 Å². The summed E-state index contributed by atoms with van der Waals surface area (Å²) in [6.07, 6.45) is 3.38. The molecule has 4 rings (SSSR count). The number of methoxy groups -OCH3 is 2. The summed E-state index contributed by atoms with van der Waals surface area (Å²) in [6, 6.07) is 10.6. The summed E-state index contributed by atoms with van der Waals surface area (Å²) >= 11 is 0. The SMILES string of the molecule is COc1ccc(C2=C(N3CCCC(CO)C3)C(=O)N(Cc3ccccn3)C2=O)cc1OC. The molecule has 0 bridgehead atoms. The quantitative estimate of drug-likeness (QED) is 0.663. The predicted molar refractivity (Wildman–Crippen MR) is 118 cm³/mol. The fraction of sp³-hybridized carbons (Fsp3) is 0.375. The Hall–Kier alpha value is -3.39. The highest BCUT2D eigenvalue weighted by Gasteiger charge is 2.42. The van der Waals surface area contributed by atoms with Crippen molar-refractivity contribution >= 4 is 17.4 Å². The van der Waals surface area contributed by atoms with E-state index in [1.807, 2.05) is 11.0 Å². The van der Waals surface area contributed by atoms with Crippen LogP contribution in [0, 0.1) is 5.92 Å². The number of ether oxygens (including phenoxy) is 2. The molecule has 1 saturated heterocycles. The number of aromatic nitrogens is 1. The number of rotatable bonds is 7. The molecule has 1 atom stereocenters. The molecule has 1 fully saturated rings. The Morgan fingerprint density at radius 1 is 1.09 bits per heavy atom. The highest BCUT2D eigenvalue weighted by Crippen LogP contribution is 2.38. The molecular weight excluding hydrogens is 410 g/mol. The third-order valence-corrected chi connectivity index (χ3v) is 5.96. The number of hydrogen-bond acceptors (Lipinski definition) is 7. The van der Waals surface area contributed by atoms with E-state index in [2.05, 4.69) is 4.98 Å².